The summed E-state index contributed by atoms with van der Waals surface area (Å²) in [6.45, 7) is 9.41. The molecule has 1 aromatic carbocycles. The van der Waals surface area contributed by atoms with Crippen LogP contribution in [0.4, 0.5) is 0 Å². The average Bonchev–Trinajstić information content (AvgIpc) is 3.25. The first kappa shape index (κ1) is 19.6. The number of benzene rings is 1. The second-order valence-electron chi connectivity index (χ2n) is 8.94. The van der Waals surface area contributed by atoms with Gasteiger partial charge in [-0.1, -0.05) is 45.9 Å². The van der Waals surface area contributed by atoms with Crippen molar-refractivity contribution in [3.63, 3.8) is 0 Å². The highest BCUT2D eigenvalue weighted by Gasteiger charge is 2.58. The van der Waals surface area contributed by atoms with Crippen LogP contribution in [-0.2, 0) is 16.1 Å². The Bertz CT molecular complexity index is 777. The highest BCUT2D eigenvalue weighted by atomic mass is 16.5. The van der Waals surface area contributed by atoms with Gasteiger partial charge in [0.25, 0.3) is 0 Å². The lowest BCUT2D eigenvalue weighted by atomic mass is 9.71. The first-order valence-electron chi connectivity index (χ1n) is 9.54. The van der Waals surface area contributed by atoms with E-state index in [9.17, 15) is 9.59 Å². The standard InChI is InChI=1S/C22H30N2O3/c1-20(2,17-12-22(17)18(25)10-11-24-22)14-21(3,4)19(26)23-13-15-6-8-16(27-5)9-7-15/h6-9,12,24H,10-11,13-14H2,1-5H3,(H,23,26). The fourth-order valence-electron chi connectivity index (χ4n) is 4.40. The number of hydrogen-bond donors (Lipinski definition) is 2. The van der Waals surface area contributed by atoms with Crippen LogP contribution in [0.2, 0.25) is 0 Å². The topological polar surface area (TPSA) is 67.4 Å². The molecule has 27 heavy (non-hydrogen) atoms. The van der Waals surface area contributed by atoms with Gasteiger partial charge in [-0.25, -0.2) is 0 Å². The van der Waals surface area contributed by atoms with Gasteiger partial charge in [-0.05, 0) is 35.1 Å². The van der Waals surface area contributed by atoms with E-state index in [-0.39, 0.29) is 17.1 Å². The molecule has 0 aromatic heterocycles. The molecule has 1 unspecified atom stereocenters. The van der Waals surface area contributed by atoms with Crippen LogP contribution >= 0.6 is 0 Å². The Morgan fingerprint density at radius 3 is 2.44 bits per heavy atom. The van der Waals surface area contributed by atoms with Gasteiger partial charge in [0, 0.05) is 24.9 Å². The number of ketones is 1. The first-order valence-corrected chi connectivity index (χ1v) is 9.54. The normalized spacial score (nSPS) is 22.0. The number of hydrogen-bond acceptors (Lipinski definition) is 4. The lowest BCUT2D eigenvalue weighted by Gasteiger charge is -2.34. The minimum atomic E-state index is -0.539. The third-order valence-electron chi connectivity index (χ3n) is 5.74. The quantitative estimate of drug-likeness (QED) is 0.724. The van der Waals surface area contributed by atoms with Crippen LogP contribution in [0.1, 0.15) is 46.1 Å². The van der Waals surface area contributed by atoms with Crippen molar-refractivity contribution in [2.75, 3.05) is 13.7 Å². The van der Waals surface area contributed by atoms with E-state index in [1.807, 2.05) is 44.2 Å². The molecule has 1 heterocycles. The number of ether oxygens (including phenoxy) is 1. The Balaban J connectivity index is 1.59. The highest BCUT2D eigenvalue weighted by Crippen LogP contribution is 2.53. The average molecular weight is 370 g/mol. The molecule has 1 saturated heterocycles. The zero-order chi connectivity index (χ0) is 19.9. The molecule has 1 aliphatic heterocycles. The maximum atomic E-state index is 12.8. The molecule has 1 spiro atoms. The number of Topliss-reactive ketones (excluding diaryl/α,β-unsaturated/α-hetero) is 1. The van der Waals surface area contributed by atoms with E-state index < -0.39 is 11.0 Å². The van der Waals surface area contributed by atoms with Crippen LogP contribution in [-0.4, -0.2) is 30.9 Å². The van der Waals surface area contributed by atoms with E-state index in [0.29, 0.717) is 19.4 Å². The molecule has 0 radical (unpaired) electrons. The zero-order valence-electron chi connectivity index (χ0n) is 16.9. The van der Waals surface area contributed by atoms with Crippen LogP contribution in [0.15, 0.2) is 35.9 Å². The number of rotatable bonds is 7. The van der Waals surface area contributed by atoms with Gasteiger partial charge in [0.05, 0.1) is 7.11 Å². The SMILES string of the molecule is COc1ccc(CNC(=O)C(C)(C)CC(C)(C)C2=CC23NCCC3=O)cc1. The minimum absolute atomic E-state index is 0.0207. The molecular weight excluding hydrogens is 340 g/mol. The molecule has 1 aliphatic carbocycles. The third kappa shape index (κ3) is 3.79. The Morgan fingerprint density at radius 1 is 1.22 bits per heavy atom. The maximum Gasteiger partial charge on any atom is 0.225 e. The molecule has 0 bridgehead atoms. The molecule has 1 atom stereocenters. The number of methoxy groups -OCH3 is 1. The fraction of sp³-hybridized carbons (Fsp3) is 0.545. The second-order valence-corrected chi connectivity index (χ2v) is 8.94. The second kappa shape index (κ2) is 6.79. The third-order valence-corrected chi connectivity index (χ3v) is 5.74. The molecule has 5 nitrogen and oxygen atoms in total. The van der Waals surface area contributed by atoms with Crippen molar-refractivity contribution in [1.82, 2.24) is 10.6 Å². The summed E-state index contributed by atoms with van der Waals surface area (Å²) < 4.78 is 5.16. The molecule has 1 amide bonds. The monoisotopic (exact) mass is 370 g/mol. The maximum absolute atomic E-state index is 12.8. The van der Waals surface area contributed by atoms with E-state index in [2.05, 4.69) is 24.5 Å². The first-order chi connectivity index (χ1) is 12.6. The molecule has 1 fully saturated rings. The van der Waals surface area contributed by atoms with E-state index in [0.717, 1.165) is 23.4 Å². The zero-order valence-corrected chi connectivity index (χ0v) is 16.9. The smallest absolute Gasteiger partial charge is 0.225 e. The van der Waals surface area contributed by atoms with Crippen molar-refractivity contribution >= 4 is 11.7 Å². The summed E-state index contributed by atoms with van der Waals surface area (Å²) in [7, 11) is 1.63. The van der Waals surface area contributed by atoms with E-state index >= 15 is 0 Å². The number of amides is 1. The molecule has 2 N–H and O–H groups in total. The van der Waals surface area contributed by atoms with Crippen molar-refractivity contribution in [2.24, 2.45) is 10.8 Å². The van der Waals surface area contributed by atoms with Crippen molar-refractivity contribution < 1.29 is 14.3 Å². The highest BCUT2D eigenvalue weighted by molar-refractivity contribution is 6.02. The van der Waals surface area contributed by atoms with Crippen LogP contribution in [0.5, 0.6) is 5.75 Å². The molecule has 2 aliphatic rings. The Morgan fingerprint density at radius 2 is 1.89 bits per heavy atom. The van der Waals surface area contributed by atoms with E-state index in [1.165, 1.54) is 0 Å². The lowest BCUT2D eigenvalue weighted by molar-refractivity contribution is -0.130. The lowest BCUT2D eigenvalue weighted by Crippen LogP contribution is -2.42. The molecule has 5 heteroatoms. The van der Waals surface area contributed by atoms with Gasteiger partial charge >= 0.3 is 0 Å². The largest absolute Gasteiger partial charge is 0.497 e. The van der Waals surface area contributed by atoms with Gasteiger partial charge < -0.3 is 10.1 Å². The summed E-state index contributed by atoms with van der Waals surface area (Å²) in [6.07, 6.45) is 3.31. The summed E-state index contributed by atoms with van der Waals surface area (Å²) in [5.41, 5.74) is 0.896. The molecule has 1 aromatic rings. The fourth-order valence-corrected chi connectivity index (χ4v) is 4.40. The number of carbonyl (C=O) groups is 2. The van der Waals surface area contributed by atoms with Gasteiger partial charge in [-0.15, -0.1) is 0 Å². The Hall–Kier alpha value is -2.14. The predicted molar refractivity (Wildman–Crippen MR) is 105 cm³/mol. The Kier molecular flexibility index (Phi) is 4.93. The van der Waals surface area contributed by atoms with Gasteiger partial charge in [0.1, 0.15) is 11.3 Å². The summed E-state index contributed by atoms with van der Waals surface area (Å²) in [5.74, 6) is 1.08. The van der Waals surface area contributed by atoms with Crippen LogP contribution in [0, 0.1) is 10.8 Å². The van der Waals surface area contributed by atoms with Gasteiger partial charge in [0.15, 0.2) is 5.78 Å². The van der Waals surface area contributed by atoms with Crippen molar-refractivity contribution in [1.29, 1.82) is 0 Å². The van der Waals surface area contributed by atoms with Crippen LogP contribution in [0.25, 0.3) is 0 Å². The van der Waals surface area contributed by atoms with Crippen LogP contribution in [0.3, 0.4) is 0 Å². The van der Waals surface area contributed by atoms with E-state index in [4.69, 9.17) is 4.74 Å². The summed E-state index contributed by atoms with van der Waals surface area (Å²) >= 11 is 0. The van der Waals surface area contributed by atoms with Crippen molar-refractivity contribution in [2.45, 2.75) is 52.6 Å². The van der Waals surface area contributed by atoms with E-state index in [1.54, 1.807) is 7.11 Å². The molecular formula is C22H30N2O3. The number of nitrogens with one attached hydrogen (secondary N) is 2. The van der Waals surface area contributed by atoms with Gasteiger partial charge in [-0.2, -0.15) is 0 Å². The van der Waals surface area contributed by atoms with Crippen molar-refractivity contribution in [3.8, 4) is 5.75 Å². The summed E-state index contributed by atoms with van der Waals surface area (Å²) in [6, 6.07) is 7.68. The minimum Gasteiger partial charge on any atom is -0.497 e. The van der Waals surface area contributed by atoms with Gasteiger partial charge in [-0.3, -0.25) is 14.9 Å². The molecule has 0 saturated carbocycles. The molecule has 3 rings (SSSR count). The Labute approximate surface area is 161 Å². The summed E-state index contributed by atoms with van der Waals surface area (Å²) in [4.78, 5) is 25.0. The van der Waals surface area contributed by atoms with Gasteiger partial charge in [0.2, 0.25) is 5.91 Å². The number of carbonyl (C=O) groups excluding carboxylic acids is 2. The summed E-state index contributed by atoms with van der Waals surface area (Å²) in [5, 5.41) is 6.38. The van der Waals surface area contributed by atoms with Crippen LogP contribution < -0.4 is 15.4 Å². The van der Waals surface area contributed by atoms with Crippen molar-refractivity contribution in [3.05, 3.63) is 41.5 Å². The predicted octanol–water partition coefficient (Wildman–Crippen LogP) is 3.00. The molecule has 146 valence electrons.